The highest BCUT2D eigenvalue weighted by atomic mass is 16.7. The van der Waals surface area contributed by atoms with Crippen LogP contribution in [-0.2, 0) is 14.3 Å². The van der Waals surface area contributed by atoms with E-state index in [0.29, 0.717) is 6.42 Å². The van der Waals surface area contributed by atoms with E-state index in [1.54, 1.807) is 0 Å². The number of ether oxygens (including phenoxy) is 2. The minimum Gasteiger partial charge on any atom is -0.481 e. The van der Waals surface area contributed by atoms with Gasteiger partial charge in [0.1, 0.15) is 0 Å². The Hall–Kier alpha value is -0.650. The quantitative estimate of drug-likeness (QED) is 0.0711. The first-order valence-electron chi connectivity index (χ1n) is 20.2. The third kappa shape index (κ3) is 23.3. The minimum absolute atomic E-state index is 0.196. The van der Waals surface area contributed by atoms with Crippen molar-refractivity contribution in [3.8, 4) is 0 Å². The number of carboxylic acid groups (broad SMARTS) is 1. The van der Waals surface area contributed by atoms with Gasteiger partial charge in [0.15, 0.2) is 5.79 Å². The molecule has 0 radical (unpaired) electrons. The topological polar surface area (TPSA) is 59.0 Å². The summed E-state index contributed by atoms with van der Waals surface area (Å²) in [6.07, 6.45) is 35.6. The lowest BCUT2D eigenvalue weighted by molar-refractivity contribution is -0.180. The second kappa shape index (κ2) is 29.5. The molecule has 1 fully saturated rings. The summed E-state index contributed by atoms with van der Waals surface area (Å²) in [6.45, 7) is 13.0. The molecular weight excluding hydrogens is 558 g/mol. The van der Waals surface area contributed by atoms with E-state index in [1.807, 2.05) is 0 Å². The molecule has 1 aliphatic rings. The maximum Gasteiger partial charge on any atom is 0.303 e. The zero-order chi connectivity index (χ0) is 32.9. The molecule has 0 aliphatic carbocycles. The lowest BCUT2D eigenvalue weighted by atomic mass is 9.90. The van der Waals surface area contributed by atoms with Crippen LogP contribution in [0.5, 0.6) is 0 Å². The molecule has 0 aromatic heterocycles. The van der Waals surface area contributed by atoms with Crippen LogP contribution < -0.4 is 0 Å². The molecule has 2 atom stereocenters. The smallest absolute Gasteiger partial charge is 0.303 e. The molecule has 45 heavy (non-hydrogen) atoms. The van der Waals surface area contributed by atoms with E-state index in [2.05, 4.69) is 32.6 Å². The van der Waals surface area contributed by atoms with Gasteiger partial charge in [-0.15, -0.1) is 0 Å². The summed E-state index contributed by atoms with van der Waals surface area (Å²) in [5.74, 6) is -0.0469. The number of carboxylic acids is 1. The first-order valence-corrected chi connectivity index (χ1v) is 20.2. The zero-order valence-electron chi connectivity index (χ0n) is 30.9. The first kappa shape index (κ1) is 42.4. The maximum absolute atomic E-state index is 10.7. The molecule has 0 amide bonds. The Morgan fingerprint density at radius 3 is 1.51 bits per heavy atom. The third-order valence-electron chi connectivity index (χ3n) is 10.3. The molecule has 0 spiro atoms. The first-order chi connectivity index (χ1) is 22.0. The van der Waals surface area contributed by atoms with E-state index in [0.717, 1.165) is 70.7 Å². The molecular formula is C40H79NO4. The van der Waals surface area contributed by atoms with E-state index in [1.165, 1.54) is 135 Å². The van der Waals surface area contributed by atoms with Crippen molar-refractivity contribution in [2.75, 3.05) is 26.2 Å². The van der Waals surface area contributed by atoms with Crippen LogP contribution in [-0.4, -0.2) is 54.1 Å². The lowest BCUT2D eigenvalue weighted by Crippen LogP contribution is -2.36. The van der Waals surface area contributed by atoms with Gasteiger partial charge in [-0.25, -0.2) is 0 Å². The highest BCUT2D eigenvalue weighted by molar-refractivity contribution is 5.66. The Bertz CT molecular complexity index is 644. The van der Waals surface area contributed by atoms with Crippen molar-refractivity contribution in [1.29, 1.82) is 0 Å². The van der Waals surface area contributed by atoms with Gasteiger partial charge < -0.3 is 19.5 Å². The van der Waals surface area contributed by atoms with E-state index >= 15 is 0 Å². The van der Waals surface area contributed by atoms with Gasteiger partial charge in [-0.3, -0.25) is 4.79 Å². The Balaban J connectivity index is 2.24. The Labute approximate surface area is 281 Å². The van der Waals surface area contributed by atoms with Gasteiger partial charge in [0, 0.05) is 25.8 Å². The van der Waals surface area contributed by atoms with Crippen molar-refractivity contribution in [2.24, 2.45) is 5.92 Å². The fourth-order valence-electron chi connectivity index (χ4n) is 7.28. The average Bonchev–Trinajstić information content (AvgIpc) is 3.43. The van der Waals surface area contributed by atoms with Crippen LogP contribution in [0.4, 0.5) is 0 Å². The van der Waals surface area contributed by atoms with Gasteiger partial charge in [0.25, 0.3) is 0 Å². The van der Waals surface area contributed by atoms with E-state index in [4.69, 9.17) is 14.6 Å². The number of unbranched alkanes of at least 4 members (excludes halogenated alkanes) is 18. The molecule has 5 heteroatoms. The minimum atomic E-state index is -0.670. The summed E-state index contributed by atoms with van der Waals surface area (Å²) < 4.78 is 13.2. The van der Waals surface area contributed by atoms with Crippen molar-refractivity contribution >= 4 is 5.97 Å². The number of rotatable bonds is 34. The predicted molar refractivity (Wildman–Crippen MR) is 193 cm³/mol. The second-order valence-corrected chi connectivity index (χ2v) is 14.4. The Morgan fingerprint density at radius 1 is 0.644 bits per heavy atom. The van der Waals surface area contributed by atoms with Gasteiger partial charge in [0.2, 0.25) is 0 Å². The largest absolute Gasteiger partial charge is 0.481 e. The number of hydrogen-bond donors (Lipinski definition) is 1. The highest BCUT2D eigenvalue weighted by Crippen LogP contribution is 2.35. The second-order valence-electron chi connectivity index (χ2n) is 14.4. The zero-order valence-corrected chi connectivity index (χ0v) is 30.9. The van der Waals surface area contributed by atoms with Crippen LogP contribution in [0, 0.1) is 5.92 Å². The van der Waals surface area contributed by atoms with Crippen LogP contribution in [0.2, 0.25) is 0 Å². The summed E-state index contributed by atoms with van der Waals surface area (Å²) in [4.78, 5) is 13.1. The molecule has 1 saturated heterocycles. The van der Waals surface area contributed by atoms with Crippen LogP contribution in [0.3, 0.4) is 0 Å². The molecule has 268 valence electrons. The van der Waals surface area contributed by atoms with Crippen LogP contribution >= 0.6 is 0 Å². The summed E-state index contributed by atoms with van der Waals surface area (Å²) in [6, 6.07) is 0. The van der Waals surface area contributed by atoms with E-state index < -0.39 is 5.97 Å². The molecule has 1 aliphatic heterocycles. The molecule has 5 nitrogen and oxygen atoms in total. The maximum atomic E-state index is 10.7. The summed E-state index contributed by atoms with van der Waals surface area (Å²) in [5, 5.41) is 8.80. The predicted octanol–water partition coefficient (Wildman–Crippen LogP) is 12.1. The highest BCUT2D eigenvalue weighted by Gasteiger charge is 2.40. The number of aliphatic carboxylic acids is 1. The lowest BCUT2D eigenvalue weighted by Gasteiger charge is -2.29. The summed E-state index contributed by atoms with van der Waals surface area (Å²) in [5.41, 5.74) is 0. The van der Waals surface area contributed by atoms with Gasteiger partial charge in [0.05, 0.1) is 12.7 Å². The van der Waals surface area contributed by atoms with Gasteiger partial charge >= 0.3 is 5.97 Å². The molecule has 1 rings (SSSR count). The number of carbonyl (C=O) groups is 1. The summed E-state index contributed by atoms with van der Waals surface area (Å²) >= 11 is 0. The molecule has 0 aromatic rings. The van der Waals surface area contributed by atoms with Crippen molar-refractivity contribution < 1.29 is 19.4 Å². The Kier molecular flexibility index (Phi) is 27.8. The fraction of sp³-hybridized carbons (Fsp3) is 0.975. The van der Waals surface area contributed by atoms with Crippen molar-refractivity contribution in [2.45, 2.75) is 219 Å². The SMILES string of the molecule is CCCCCC(CCCCC)CCCCCCCCCCCC1(CCCCCCCCCC(=O)O)OCC(CN(CC)CC)O1. The van der Waals surface area contributed by atoms with E-state index in [9.17, 15) is 4.79 Å². The third-order valence-corrected chi connectivity index (χ3v) is 10.3. The molecule has 0 aromatic carbocycles. The number of hydrogen-bond acceptors (Lipinski definition) is 4. The van der Waals surface area contributed by atoms with Gasteiger partial charge in [-0.2, -0.15) is 0 Å². The van der Waals surface area contributed by atoms with Crippen LogP contribution in [0.25, 0.3) is 0 Å². The molecule has 0 saturated carbocycles. The fourth-order valence-corrected chi connectivity index (χ4v) is 7.28. The van der Waals surface area contributed by atoms with Crippen molar-refractivity contribution in [3.05, 3.63) is 0 Å². The molecule has 1 N–H and O–H groups in total. The number of likely N-dealkylation sites (N-methyl/N-ethyl adjacent to an activating group) is 1. The average molecular weight is 638 g/mol. The van der Waals surface area contributed by atoms with E-state index in [-0.39, 0.29) is 11.9 Å². The molecule has 2 unspecified atom stereocenters. The molecule has 0 bridgehead atoms. The molecule has 1 heterocycles. The van der Waals surface area contributed by atoms with Crippen LogP contribution in [0.15, 0.2) is 0 Å². The van der Waals surface area contributed by atoms with Crippen molar-refractivity contribution in [1.82, 2.24) is 4.90 Å². The van der Waals surface area contributed by atoms with Crippen LogP contribution in [0.1, 0.15) is 207 Å². The van der Waals surface area contributed by atoms with Gasteiger partial charge in [-0.1, -0.05) is 169 Å². The van der Waals surface area contributed by atoms with Gasteiger partial charge in [-0.05, 0) is 38.3 Å². The number of nitrogens with zero attached hydrogens (tertiary/aromatic N) is 1. The Morgan fingerprint density at radius 2 is 1.07 bits per heavy atom. The standard InChI is InChI=1S/C40H79NO4/c1-5-9-23-29-37(30-24-10-6-2)31-25-19-15-12-11-13-17-21-27-33-40(44-36-38(45-40)35-41(7-3)8-4)34-28-22-18-14-16-20-26-32-39(42)43/h37-38H,5-36H2,1-4H3,(H,42,43). The van der Waals surface area contributed by atoms with Crippen molar-refractivity contribution in [3.63, 3.8) is 0 Å². The monoisotopic (exact) mass is 638 g/mol. The summed E-state index contributed by atoms with van der Waals surface area (Å²) in [7, 11) is 0. The normalized spacial score (nSPS) is 18.5.